The summed E-state index contributed by atoms with van der Waals surface area (Å²) < 4.78 is 77.7. The van der Waals surface area contributed by atoms with Gasteiger partial charge in [0.1, 0.15) is 43.9 Å². The lowest BCUT2D eigenvalue weighted by Gasteiger charge is -2.40. The van der Waals surface area contributed by atoms with Crippen LogP contribution in [-0.4, -0.2) is 59.4 Å². The number of nitrogens with two attached hydrogens (primary N) is 2. The lowest BCUT2D eigenvalue weighted by molar-refractivity contribution is -0.385. The van der Waals surface area contributed by atoms with Crippen molar-refractivity contribution in [3.8, 4) is 0 Å². The molecule has 0 bridgehead atoms. The Hall–Kier alpha value is -4.06. The minimum absolute atomic E-state index is 0.0512. The zero-order valence-corrected chi connectivity index (χ0v) is 28.3. The molecular weight excluding hydrogens is 674 g/mol. The molecule has 2 aliphatic heterocycles. The van der Waals surface area contributed by atoms with Crippen LogP contribution in [0, 0.1) is 43.7 Å². The number of sulfone groups is 2. The molecule has 14 nitrogen and oxygen atoms in total. The molecule has 0 unspecified atom stereocenters. The van der Waals surface area contributed by atoms with Crippen LogP contribution < -0.4 is 11.5 Å². The van der Waals surface area contributed by atoms with Gasteiger partial charge in [0.15, 0.2) is 19.7 Å². The number of hydrogen-bond acceptors (Lipinski definition) is 12. The molecule has 6 rings (SSSR count). The van der Waals surface area contributed by atoms with E-state index in [1.165, 1.54) is 13.8 Å². The van der Waals surface area contributed by atoms with Crippen molar-refractivity contribution in [3.63, 3.8) is 0 Å². The number of halogens is 2. The molecule has 260 valence electrons. The van der Waals surface area contributed by atoms with Gasteiger partial charge in [-0.3, -0.25) is 30.2 Å². The molecule has 2 saturated carbocycles. The van der Waals surface area contributed by atoms with Gasteiger partial charge in [-0.05, 0) is 77.3 Å². The number of amidine groups is 2. The molecule has 0 radical (unpaired) electrons. The first-order chi connectivity index (χ1) is 22.0. The zero-order valence-electron chi connectivity index (χ0n) is 26.6. The van der Waals surface area contributed by atoms with Crippen LogP contribution in [0.2, 0.25) is 0 Å². The molecule has 0 amide bonds. The highest BCUT2D eigenvalue weighted by atomic mass is 32.2. The molecule has 4 N–H and O–H groups in total. The molecule has 2 aromatic rings. The maximum absolute atomic E-state index is 14.3. The maximum Gasteiger partial charge on any atom is 0.270 e. The van der Waals surface area contributed by atoms with Gasteiger partial charge < -0.3 is 11.5 Å². The van der Waals surface area contributed by atoms with Crippen molar-refractivity contribution in [2.24, 2.45) is 33.3 Å². The van der Waals surface area contributed by atoms with Gasteiger partial charge in [-0.15, -0.1) is 0 Å². The summed E-state index contributed by atoms with van der Waals surface area (Å²) in [5.74, 6) is -2.63. The highest BCUT2D eigenvalue weighted by Crippen LogP contribution is 2.50. The van der Waals surface area contributed by atoms with Crippen LogP contribution in [0.3, 0.4) is 0 Å². The topological polar surface area (TPSA) is 231 Å². The predicted octanol–water partition coefficient (Wildman–Crippen LogP) is 3.81. The summed E-state index contributed by atoms with van der Waals surface area (Å²) in [6, 6.07) is 6.02. The van der Waals surface area contributed by atoms with Crippen molar-refractivity contribution < 1.29 is 35.5 Å². The third kappa shape index (κ3) is 5.61. The molecule has 2 heterocycles. The zero-order chi connectivity index (χ0) is 35.8. The lowest BCUT2D eigenvalue weighted by atomic mass is 9.92. The molecule has 0 spiro atoms. The van der Waals surface area contributed by atoms with Crippen molar-refractivity contribution >= 4 is 42.7 Å². The number of nitro benzene ring substituents is 2. The van der Waals surface area contributed by atoms with Crippen LogP contribution in [0.25, 0.3) is 0 Å². The van der Waals surface area contributed by atoms with E-state index in [0.717, 1.165) is 62.1 Å². The van der Waals surface area contributed by atoms with Crippen molar-refractivity contribution in [1.82, 2.24) is 0 Å². The number of nitro groups is 2. The molecule has 2 aliphatic carbocycles. The smallest absolute Gasteiger partial charge is 0.270 e. The van der Waals surface area contributed by atoms with Gasteiger partial charge in [-0.25, -0.2) is 25.6 Å². The normalized spacial score (nSPS) is 32.2. The van der Waals surface area contributed by atoms with Crippen LogP contribution >= 0.6 is 0 Å². The predicted molar refractivity (Wildman–Crippen MR) is 174 cm³/mol. The Morgan fingerprint density at radius 3 is 1.25 bits per heavy atom. The van der Waals surface area contributed by atoms with Crippen molar-refractivity contribution in [1.29, 1.82) is 0 Å². The Balaban J connectivity index is 0.000000188. The second kappa shape index (κ2) is 11.2. The van der Waals surface area contributed by atoms with E-state index in [2.05, 4.69) is 9.98 Å². The van der Waals surface area contributed by atoms with E-state index in [9.17, 15) is 45.8 Å². The molecule has 18 heteroatoms. The van der Waals surface area contributed by atoms with Gasteiger partial charge in [0.05, 0.1) is 21.4 Å². The van der Waals surface area contributed by atoms with Crippen molar-refractivity contribution in [2.45, 2.75) is 74.0 Å². The fraction of sp³-hybridized carbons (Fsp3) is 0.533. The minimum Gasteiger partial charge on any atom is -0.386 e. The van der Waals surface area contributed by atoms with Gasteiger partial charge in [-0.2, -0.15) is 0 Å². The number of rotatable bonds is 6. The summed E-state index contributed by atoms with van der Waals surface area (Å²) in [6.07, 6.45) is 3.03. The first-order valence-corrected chi connectivity index (χ1v) is 18.4. The molecule has 2 fully saturated rings. The summed E-state index contributed by atoms with van der Waals surface area (Å²) in [5, 5.41) is 21.9. The first kappa shape index (κ1) is 35.3. The molecule has 4 atom stereocenters. The number of non-ortho nitro benzene ring substituents is 2. The third-order valence-electron chi connectivity index (χ3n) is 10.2. The van der Waals surface area contributed by atoms with Crippen LogP contribution in [-0.2, 0) is 30.8 Å². The summed E-state index contributed by atoms with van der Waals surface area (Å²) in [6.45, 7) is 5.99. The Bertz CT molecular complexity index is 1870. The Labute approximate surface area is 275 Å². The average Bonchev–Trinajstić information content (AvgIpc) is 3.88. The van der Waals surface area contributed by atoms with Crippen LogP contribution in [0.4, 0.5) is 20.2 Å². The second-order valence-corrected chi connectivity index (χ2v) is 18.4. The Morgan fingerprint density at radius 1 is 0.688 bits per heavy atom. The van der Waals surface area contributed by atoms with E-state index in [-0.39, 0.29) is 46.0 Å². The number of hydrogen-bond donors (Lipinski definition) is 2. The average molecular weight is 711 g/mol. The third-order valence-corrected chi connectivity index (χ3v) is 15.7. The summed E-state index contributed by atoms with van der Waals surface area (Å²) in [7, 11) is -7.41. The first-order valence-electron chi connectivity index (χ1n) is 15.1. The standard InChI is InChI=1S/2C15H18FN3O4S/c2*1-14(11-7-10(19(20)21)5-6-12(11)16)8-24(22,23)15(2,9-3-4-9)13(17)18-14/h2*5-7,9H,3-4,8H2,1-2H3,(H2,17,18)/t14-,15+;14-,15-/m00/s1. The van der Waals surface area contributed by atoms with Crippen molar-refractivity contribution in [3.05, 3.63) is 79.4 Å². The van der Waals surface area contributed by atoms with E-state index in [1.807, 2.05) is 0 Å². The van der Waals surface area contributed by atoms with E-state index in [1.54, 1.807) is 13.8 Å². The Kier molecular flexibility index (Phi) is 8.26. The van der Waals surface area contributed by atoms with E-state index >= 15 is 0 Å². The highest BCUT2D eigenvalue weighted by Gasteiger charge is 2.60. The quantitative estimate of drug-likeness (QED) is 0.325. The minimum atomic E-state index is -3.71. The number of aliphatic imine (C=N–C) groups is 2. The van der Waals surface area contributed by atoms with Crippen molar-refractivity contribution in [2.75, 3.05) is 11.5 Å². The highest BCUT2D eigenvalue weighted by molar-refractivity contribution is 7.94. The fourth-order valence-corrected chi connectivity index (χ4v) is 11.5. The fourth-order valence-electron chi connectivity index (χ4n) is 6.73. The summed E-state index contributed by atoms with van der Waals surface area (Å²) >= 11 is 0. The number of benzene rings is 2. The largest absolute Gasteiger partial charge is 0.386 e. The lowest BCUT2D eigenvalue weighted by Crippen LogP contribution is -2.58. The second-order valence-electron chi connectivity index (χ2n) is 13.7. The van der Waals surface area contributed by atoms with Crippen LogP contribution in [0.1, 0.15) is 64.5 Å². The SMILES string of the molecule is C[C@@]1(C2CC2)C(N)=N[C@](C)(c2cc([N+](=O)[O-])ccc2F)CS1(=O)=O.C[C@@]1(c2cc([N+](=O)[O-])ccc2F)CS(=O)(=O)[C@@](C)(C2CC2)C(N)=N1. The van der Waals surface area contributed by atoms with Crippen LogP contribution in [0.15, 0.2) is 46.4 Å². The Morgan fingerprint density at radius 2 is 1.00 bits per heavy atom. The van der Waals surface area contributed by atoms with Gasteiger partial charge >= 0.3 is 0 Å². The van der Waals surface area contributed by atoms with E-state index in [0.29, 0.717) is 0 Å². The van der Waals surface area contributed by atoms with E-state index < -0.39 is 73.2 Å². The van der Waals surface area contributed by atoms with Gasteiger partial charge in [0, 0.05) is 35.4 Å². The molecule has 0 saturated heterocycles. The monoisotopic (exact) mass is 710 g/mol. The molecular formula is C30H36F2N6O8S2. The number of nitrogens with zero attached hydrogens (tertiary/aromatic N) is 4. The maximum atomic E-state index is 14.3. The molecule has 0 aromatic heterocycles. The van der Waals surface area contributed by atoms with Gasteiger partial charge in [0.25, 0.3) is 11.4 Å². The van der Waals surface area contributed by atoms with E-state index in [4.69, 9.17) is 11.5 Å². The summed E-state index contributed by atoms with van der Waals surface area (Å²) in [4.78, 5) is 29.2. The van der Waals surface area contributed by atoms with Gasteiger partial charge in [0.2, 0.25) is 0 Å². The molecule has 48 heavy (non-hydrogen) atoms. The molecule has 2 aromatic carbocycles. The molecule has 4 aliphatic rings. The van der Waals surface area contributed by atoms with Crippen LogP contribution in [0.5, 0.6) is 0 Å². The summed E-state index contributed by atoms with van der Waals surface area (Å²) in [5.41, 5.74) is 8.10. The van der Waals surface area contributed by atoms with Gasteiger partial charge in [-0.1, -0.05) is 0 Å².